The maximum atomic E-state index is 12.6. The van der Waals surface area contributed by atoms with Crippen molar-refractivity contribution in [1.29, 1.82) is 0 Å². The fourth-order valence-corrected chi connectivity index (χ4v) is 3.27. The summed E-state index contributed by atoms with van der Waals surface area (Å²) in [6.45, 7) is 0.818. The molecule has 0 spiro atoms. The minimum Gasteiger partial charge on any atom is -0.355 e. The van der Waals surface area contributed by atoms with E-state index in [9.17, 15) is 9.59 Å². The van der Waals surface area contributed by atoms with Crippen LogP contribution in [0.1, 0.15) is 10.5 Å². The van der Waals surface area contributed by atoms with E-state index in [1.54, 1.807) is 35.6 Å². The summed E-state index contributed by atoms with van der Waals surface area (Å²) in [6, 6.07) is 5.16. The van der Waals surface area contributed by atoms with Crippen molar-refractivity contribution in [3.05, 3.63) is 47.9 Å². The van der Waals surface area contributed by atoms with E-state index in [0.29, 0.717) is 24.0 Å². The van der Waals surface area contributed by atoms with Crippen LogP contribution in [0.2, 0.25) is 0 Å². The van der Waals surface area contributed by atoms with E-state index in [1.807, 2.05) is 11.4 Å². The average Bonchev–Trinajstić information content (AvgIpc) is 3.34. The number of thiazole rings is 1. The van der Waals surface area contributed by atoms with Crippen LogP contribution in [0.4, 0.5) is 5.13 Å². The highest BCUT2D eigenvalue weighted by Gasteiger charge is 2.31. The summed E-state index contributed by atoms with van der Waals surface area (Å²) < 4.78 is 5.23. The number of rotatable bonds is 3. The second kappa shape index (κ2) is 6.44. The van der Waals surface area contributed by atoms with Gasteiger partial charge in [0.05, 0.1) is 0 Å². The molecule has 4 rings (SSSR count). The number of aromatic nitrogens is 3. The van der Waals surface area contributed by atoms with Crippen molar-refractivity contribution < 1.29 is 14.1 Å². The molecule has 0 bridgehead atoms. The van der Waals surface area contributed by atoms with Gasteiger partial charge in [-0.1, -0.05) is 5.16 Å². The third-order valence-corrected chi connectivity index (χ3v) is 4.63. The topological polar surface area (TPSA) is 92.4 Å². The summed E-state index contributed by atoms with van der Waals surface area (Å²) in [5.41, 5.74) is 0.910. The Balaban J connectivity index is 1.47. The zero-order chi connectivity index (χ0) is 17.2. The summed E-state index contributed by atoms with van der Waals surface area (Å²) >= 11 is 1.40. The molecule has 3 aromatic heterocycles. The number of piperazine rings is 1. The SMILES string of the molecule is O=C(c1cc(-c2cccnc2)on1)N1CCN(c2nccs2)C(=O)C1. The molecule has 25 heavy (non-hydrogen) atoms. The first-order chi connectivity index (χ1) is 12.2. The second-order valence-electron chi connectivity index (χ2n) is 5.40. The van der Waals surface area contributed by atoms with Gasteiger partial charge in [0.2, 0.25) is 5.91 Å². The maximum absolute atomic E-state index is 12.6. The molecule has 4 heterocycles. The van der Waals surface area contributed by atoms with Crippen LogP contribution in [0.25, 0.3) is 11.3 Å². The number of amides is 2. The normalized spacial score (nSPS) is 14.8. The monoisotopic (exact) mass is 355 g/mol. The largest absolute Gasteiger partial charge is 0.355 e. The highest BCUT2D eigenvalue weighted by molar-refractivity contribution is 7.13. The summed E-state index contributed by atoms with van der Waals surface area (Å²) in [7, 11) is 0. The zero-order valence-corrected chi connectivity index (χ0v) is 13.8. The van der Waals surface area contributed by atoms with Gasteiger partial charge >= 0.3 is 0 Å². The van der Waals surface area contributed by atoms with Gasteiger partial charge in [0.1, 0.15) is 6.54 Å². The van der Waals surface area contributed by atoms with E-state index in [2.05, 4.69) is 15.1 Å². The number of pyridine rings is 1. The van der Waals surface area contributed by atoms with Crippen molar-refractivity contribution in [3.63, 3.8) is 0 Å². The summed E-state index contributed by atoms with van der Waals surface area (Å²) in [6.07, 6.45) is 4.94. The number of hydrogen-bond acceptors (Lipinski definition) is 7. The Morgan fingerprint density at radius 2 is 2.20 bits per heavy atom. The molecule has 0 aliphatic carbocycles. The highest BCUT2D eigenvalue weighted by Crippen LogP contribution is 2.22. The van der Waals surface area contributed by atoms with Crippen LogP contribution in [0, 0.1) is 0 Å². The molecule has 2 amide bonds. The first-order valence-electron chi connectivity index (χ1n) is 7.58. The maximum Gasteiger partial charge on any atom is 0.276 e. The Morgan fingerprint density at radius 1 is 1.28 bits per heavy atom. The molecule has 3 aromatic rings. The molecule has 126 valence electrons. The predicted octanol–water partition coefficient (Wildman–Crippen LogP) is 1.68. The lowest BCUT2D eigenvalue weighted by atomic mass is 10.2. The zero-order valence-electron chi connectivity index (χ0n) is 13.0. The van der Waals surface area contributed by atoms with Gasteiger partial charge in [0, 0.05) is 48.7 Å². The Morgan fingerprint density at radius 3 is 2.92 bits per heavy atom. The van der Waals surface area contributed by atoms with Gasteiger partial charge in [-0.25, -0.2) is 4.98 Å². The van der Waals surface area contributed by atoms with E-state index >= 15 is 0 Å². The van der Waals surface area contributed by atoms with Gasteiger partial charge in [-0.05, 0) is 12.1 Å². The van der Waals surface area contributed by atoms with E-state index in [1.165, 1.54) is 16.2 Å². The Kier molecular flexibility index (Phi) is 3.98. The molecule has 0 radical (unpaired) electrons. The first-order valence-corrected chi connectivity index (χ1v) is 8.46. The second-order valence-corrected chi connectivity index (χ2v) is 6.28. The lowest BCUT2D eigenvalue weighted by Gasteiger charge is -2.32. The number of carbonyl (C=O) groups excluding carboxylic acids is 2. The third kappa shape index (κ3) is 3.01. The Hall–Kier alpha value is -3.07. The van der Waals surface area contributed by atoms with Crippen LogP contribution in [0.3, 0.4) is 0 Å². The van der Waals surface area contributed by atoms with Gasteiger partial charge in [-0.3, -0.25) is 19.5 Å². The van der Waals surface area contributed by atoms with Crippen LogP contribution in [0.15, 0.2) is 46.7 Å². The fourth-order valence-electron chi connectivity index (χ4n) is 2.58. The molecule has 8 nitrogen and oxygen atoms in total. The van der Waals surface area contributed by atoms with Crippen LogP contribution in [0.5, 0.6) is 0 Å². The molecule has 0 aromatic carbocycles. The molecule has 0 N–H and O–H groups in total. The smallest absolute Gasteiger partial charge is 0.276 e. The fraction of sp³-hybridized carbons (Fsp3) is 0.188. The molecule has 0 atom stereocenters. The minimum absolute atomic E-state index is 0.00645. The van der Waals surface area contributed by atoms with Gasteiger partial charge in [-0.2, -0.15) is 0 Å². The van der Waals surface area contributed by atoms with Crippen molar-refractivity contribution in [1.82, 2.24) is 20.0 Å². The first kappa shape index (κ1) is 15.5. The highest BCUT2D eigenvalue weighted by atomic mass is 32.1. The Bertz CT molecular complexity index is 894. The van der Waals surface area contributed by atoms with Crippen LogP contribution in [-0.4, -0.2) is 51.5 Å². The number of hydrogen-bond donors (Lipinski definition) is 0. The van der Waals surface area contributed by atoms with Gasteiger partial charge in [0.25, 0.3) is 5.91 Å². The lowest BCUT2D eigenvalue weighted by Crippen LogP contribution is -2.52. The van der Waals surface area contributed by atoms with Gasteiger partial charge in [0.15, 0.2) is 16.6 Å². The van der Waals surface area contributed by atoms with Crippen LogP contribution in [-0.2, 0) is 4.79 Å². The minimum atomic E-state index is -0.328. The molecule has 1 aliphatic rings. The van der Waals surface area contributed by atoms with E-state index in [-0.39, 0.29) is 24.1 Å². The van der Waals surface area contributed by atoms with Crippen molar-refractivity contribution in [2.75, 3.05) is 24.5 Å². The van der Waals surface area contributed by atoms with Crippen LogP contribution < -0.4 is 4.90 Å². The van der Waals surface area contributed by atoms with Crippen molar-refractivity contribution >= 4 is 28.3 Å². The summed E-state index contributed by atoms with van der Waals surface area (Å²) in [5.74, 6) is -0.0271. The van der Waals surface area contributed by atoms with E-state index in [4.69, 9.17) is 4.52 Å². The average molecular weight is 355 g/mol. The number of nitrogens with zero attached hydrogens (tertiary/aromatic N) is 5. The summed E-state index contributed by atoms with van der Waals surface area (Å²) in [4.78, 5) is 36.1. The molecular weight excluding hydrogens is 342 g/mol. The quantitative estimate of drug-likeness (QED) is 0.710. The molecule has 0 unspecified atom stereocenters. The number of carbonyl (C=O) groups is 2. The van der Waals surface area contributed by atoms with E-state index in [0.717, 1.165) is 5.56 Å². The van der Waals surface area contributed by atoms with Gasteiger partial charge < -0.3 is 9.42 Å². The Labute approximate surface area is 146 Å². The molecular formula is C16H13N5O3S. The third-order valence-electron chi connectivity index (χ3n) is 3.83. The molecule has 1 fully saturated rings. The van der Waals surface area contributed by atoms with Crippen molar-refractivity contribution in [3.8, 4) is 11.3 Å². The van der Waals surface area contributed by atoms with Crippen LogP contribution >= 0.6 is 11.3 Å². The molecule has 9 heteroatoms. The van der Waals surface area contributed by atoms with E-state index < -0.39 is 0 Å². The molecule has 0 saturated carbocycles. The van der Waals surface area contributed by atoms with Crippen molar-refractivity contribution in [2.24, 2.45) is 0 Å². The van der Waals surface area contributed by atoms with Gasteiger partial charge in [-0.15, -0.1) is 11.3 Å². The standard InChI is InChI=1S/C16H13N5O3S/c22-14-10-20(5-6-21(14)16-18-4-7-25-16)15(23)12-8-13(24-19-12)11-2-1-3-17-9-11/h1-4,7-9H,5-6,10H2. The van der Waals surface area contributed by atoms with Crippen molar-refractivity contribution in [2.45, 2.75) is 0 Å². The number of anilines is 1. The molecule has 1 aliphatic heterocycles. The molecule has 1 saturated heterocycles. The lowest BCUT2D eigenvalue weighted by molar-refractivity contribution is -0.120. The summed E-state index contributed by atoms with van der Waals surface area (Å²) in [5, 5.41) is 6.30. The predicted molar refractivity (Wildman–Crippen MR) is 90.1 cm³/mol.